The maximum Gasteiger partial charge on any atom is 0.119 e. The number of aryl methyl sites for hydroxylation is 1. The lowest BCUT2D eigenvalue weighted by Crippen LogP contribution is -2.42. The van der Waals surface area contributed by atoms with Crippen LogP contribution in [0.1, 0.15) is 23.7 Å². The van der Waals surface area contributed by atoms with Crippen molar-refractivity contribution in [1.82, 2.24) is 9.47 Å². The summed E-state index contributed by atoms with van der Waals surface area (Å²) in [6.45, 7) is 13.1. The minimum absolute atomic E-state index is 0.891. The molecule has 1 aliphatic heterocycles. The second-order valence-corrected chi connectivity index (χ2v) is 15.0. The van der Waals surface area contributed by atoms with Crippen LogP contribution in [0.2, 0.25) is 25.2 Å². The smallest absolute Gasteiger partial charge is 0.119 e. The van der Waals surface area contributed by atoms with Crippen molar-refractivity contribution in [3.63, 3.8) is 0 Å². The van der Waals surface area contributed by atoms with Gasteiger partial charge in [0.1, 0.15) is 5.75 Å². The van der Waals surface area contributed by atoms with E-state index in [1.54, 1.807) is 7.11 Å². The van der Waals surface area contributed by atoms with E-state index in [2.05, 4.69) is 91.0 Å². The van der Waals surface area contributed by atoms with Crippen molar-refractivity contribution in [3.8, 4) is 22.7 Å². The molecular weight excluding hydrogens is 396 g/mol. The standard InChI is InChI=1S/C27H36N2OSi/c1-6-22-7-9-23(10-8-22)27-19-24(20-28-15-17-31(4,5)18-16-28)21(2)29(27)25-11-13-26(30-3)14-12-25/h7-14,19H,6,15-18,20H2,1-5H3. The molecule has 0 amide bonds. The van der Waals surface area contributed by atoms with E-state index in [4.69, 9.17) is 4.74 Å². The molecule has 1 fully saturated rings. The first-order chi connectivity index (χ1) is 14.9. The second-order valence-electron chi connectivity index (χ2n) is 9.66. The summed E-state index contributed by atoms with van der Waals surface area (Å²) in [6.07, 6.45) is 1.07. The van der Waals surface area contributed by atoms with Crippen LogP contribution < -0.4 is 4.74 Å². The Morgan fingerprint density at radius 2 is 1.58 bits per heavy atom. The van der Waals surface area contributed by atoms with Gasteiger partial charge in [-0.25, -0.2) is 0 Å². The molecule has 1 saturated heterocycles. The third-order valence-corrected chi connectivity index (χ3v) is 10.1. The summed E-state index contributed by atoms with van der Waals surface area (Å²) in [5.74, 6) is 0.891. The largest absolute Gasteiger partial charge is 0.497 e. The minimum atomic E-state index is -0.951. The number of nitrogens with zero attached hydrogens (tertiary/aromatic N) is 2. The summed E-state index contributed by atoms with van der Waals surface area (Å²) < 4.78 is 7.80. The fraction of sp³-hybridized carbons (Fsp3) is 0.407. The lowest BCUT2D eigenvalue weighted by molar-refractivity contribution is 0.281. The topological polar surface area (TPSA) is 17.4 Å². The molecule has 2 heterocycles. The van der Waals surface area contributed by atoms with E-state index >= 15 is 0 Å². The van der Waals surface area contributed by atoms with E-state index in [1.807, 2.05) is 0 Å². The minimum Gasteiger partial charge on any atom is -0.497 e. The molecule has 0 unspecified atom stereocenters. The Bertz CT molecular complexity index is 1010. The van der Waals surface area contributed by atoms with Crippen molar-refractivity contribution in [2.45, 2.75) is 52.0 Å². The highest BCUT2D eigenvalue weighted by Crippen LogP contribution is 2.32. The number of benzene rings is 2. The first-order valence-corrected chi connectivity index (χ1v) is 15.0. The first kappa shape index (κ1) is 21.9. The number of hydrogen-bond donors (Lipinski definition) is 0. The Labute approximate surface area is 188 Å². The third kappa shape index (κ3) is 4.80. The van der Waals surface area contributed by atoms with Gasteiger partial charge in [-0.1, -0.05) is 44.3 Å². The van der Waals surface area contributed by atoms with Gasteiger partial charge in [0, 0.05) is 26.0 Å². The maximum absolute atomic E-state index is 5.39. The van der Waals surface area contributed by atoms with Crippen LogP contribution in [0.25, 0.3) is 16.9 Å². The predicted octanol–water partition coefficient (Wildman–Crippen LogP) is 6.55. The summed E-state index contributed by atoms with van der Waals surface area (Å²) >= 11 is 0. The molecule has 3 nitrogen and oxygen atoms in total. The Balaban J connectivity index is 1.71. The summed E-state index contributed by atoms with van der Waals surface area (Å²) in [5, 5.41) is 0. The molecule has 0 atom stereocenters. The van der Waals surface area contributed by atoms with Crippen LogP contribution in [-0.4, -0.2) is 37.7 Å². The van der Waals surface area contributed by atoms with E-state index in [9.17, 15) is 0 Å². The number of aromatic nitrogens is 1. The zero-order chi connectivity index (χ0) is 22.0. The van der Waals surface area contributed by atoms with Gasteiger partial charge in [0.2, 0.25) is 0 Å². The molecule has 0 aliphatic carbocycles. The molecule has 3 aromatic rings. The van der Waals surface area contributed by atoms with Crippen molar-refractivity contribution in [2.75, 3.05) is 20.2 Å². The highest BCUT2D eigenvalue weighted by Gasteiger charge is 2.28. The highest BCUT2D eigenvalue weighted by atomic mass is 28.3. The van der Waals surface area contributed by atoms with Crippen LogP contribution in [0, 0.1) is 6.92 Å². The molecule has 2 aromatic carbocycles. The molecule has 4 rings (SSSR count). The van der Waals surface area contributed by atoms with Crippen molar-refractivity contribution >= 4 is 8.07 Å². The van der Waals surface area contributed by atoms with Crippen LogP contribution in [-0.2, 0) is 13.0 Å². The third-order valence-electron chi connectivity index (χ3n) is 6.94. The Kier molecular flexibility index (Phi) is 6.40. The summed E-state index contributed by atoms with van der Waals surface area (Å²) in [6, 6.07) is 22.7. The molecule has 0 radical (unpaired) electrons. The molecule has 164 valence electrons. The van der Waals surface area contributed by atoms with Gasteiger partial charge in [0.15, 0.2) is 0 Å². The quantitative estimate of drug-likeness (QED) is 0.411. The molecule has 0 N–H and O–H groups in total. The van der Waals surface area contributed by atoms with Gasteiger partial charge in [-0.15, -0.1) is 0 Å². The van der Waals surface area contributed by atoms with Gasteiger partial charge in [-0.3, -0.25) is 4.90 Å². The van der Waals surface area contributed by atoms with Gasteiger partial charge >= 0.3 is 0 Å². The van der Waals surface area contributed by atoms with Gasteiger partial charge in [0.25, 0.3) is 0 Å². The Hall–Kier alpha value is -2.30. The Morgan fingerprint density at radius 1 is 0.935 bits per heavy atom. The van der Waals surface area contributed by atoms with Crippen molar-refractivity contribution in [3.05, 3.63) is 71.4 Å². The molecule has 0 saturated carbocycles. The van der Waals surface area contributed by atoms with Crippen LogP contribution in [0.4, 0.5) is 0 Å². The van der Waals surface area contributed by atoms with Gasteiger partial charge in [-0.05, 0) is 85.5 Å². The lowest BCUT2D eigenvalue weighted by Gasteiger charge is -2.35. The zero-order valence-electron chi connectivity index (χ0n) is 19.7. The van der Waals surface area contributed by atoms with E-state index in [-0.39, 0.29) is 0 Å². The molecule has 31 heavy (non-hydrogen) atoms. The summed E-state index contributed by atoms with van der Waals surface area (Å²) in [7, 11) is 0.769. The number of hydrogen-bond acceptors (Lipinski definition) is 2. The molecule has 0 bridgehead atoms. The lowest BCUT2D eigenvalue weighted by atomic mass is 10.1. The van der Waals surface area contributed by atoms with Crippen molar-refractivity contribution in [2.24, 2.45) is 0 Å². The zero-order valence-corrected chi connectivity index (χ0v) is 20.7. The SMILES string of the molecule is CCc1ccc(-c2cc(CN3CC[Si](C)(C)CC3)c(C)n2-c2ccc(OC)cc2)cc1. The van der Waals surface area contributed by atoms with Gasteiger partial charge in [-0.2, -0.15) is 0 Å². The number of rotatable bonds is 6. The molecule has 4 heteroatoms. The monoisotopic (exact) mass is 432 g/mol. The van der Waals surface area contributed by atoms with Crippen LogP contribution in [0.15, 0.2) is 54.6 Å². The fourth-order valence-electron chi connectivity index (χ4n) is 4.56. The maximum atomic E-state index is 5.39. The second kappa shape index (κ2) is 9.05. The van der Waals surface area contributed by atoms with E-state index in [0.717, 1.165) is 18.7 Å². The first-order valence-electron chi connectivity index (χ1n) is 11.6. The predicted molar refractivity (Wildman–Crippen MR) is 134 cm³/mol. The van der Waals surface area contributed by atoms with Crippen molar-refractivity contribution < 1.29 is 4.74 Å². The van der Waals surface area contributed by atoms with Crippen LogP contribution in [0.5, 0.6) is 5.75 Å². The van der Waals surface area contributed by atoms with Crippen LogP contribution in [0.3, 0.4) is 0 Å². The summed E-state index contributed by atoms with van der Waals surface area (Å²) in [5.41, 5.74) is 7.88. The van der Waals surface area contributed by atoms with Crippen molar-refractivity contribution in [1.29, 1.82) is 0 Å². The fourth-order valence-corrected chi connectivity index (χ4v) is 6.66. The number of ether oxygens (including phenoxy) is 1. The molecule has 1 aliphatic rings. The van der Waals surface area contributed by atoms with E-state index < -0.39 is 8.07 Å². The number of methoxy groups -OCH3 is 1. The highest BCUT2D eigenvalue weighted by molar-refractivity contribution is 6.77. The molecule has 1 aromatic heterocycles. The summed E-state index contributed by atoms with van der Waals surface area (Å²) in [4.78, 5) is 2.66. The van der Waals surface area contributed by atoms with Crippen LogP contribution >= 0.6 is 0 Å². The van der Waals surface area contributed by atoms with E-state index in [0.29, 0.717) is 0 Å². The average molecular weight is 433 g/mol. The average Bonchev–Trinajstić information content (AvgIpc) is 3.11. The Morgan fingerprint density at radius 3 is 2.16 bits per heavy atom. The van der Waals surface area contributed by atoms with E-state index in [1.165, 1.54) is 58.9 Å². The van der Waals surface area contributed by atoms with Gasteiger partial charge in [0.05, 0.1) is 12.8 Å². The van der Waals surface area contributed by atoms with Gasteiger partial charge < -0.3 is 9.30 Å². The normalized spacial score (nSPS) is 16.4. The molecular formula is C27H36N2OSi. The molecule has 0 spiro atoms.